The summed E-state index contributed by atoms with van der Waals surface area (Å²) in [6, 6.07) is 8.69. The molecule has 0 fully saturated rings. The van der Waals surface area contributed by atoms with Crippen LogP contribution < -0.4 is 5.32 Å². The summed E-state index contributed by atoms with van der Waals surface area (Å²) in [5.74, 6) is -0.189. The van der Waals surface area contributed by atoms with Crippen molar-refractivity contribution >= 4 is 22.7 Å². The molecule has 106 valence electrons. The van der Waals surface area contributed by atoms with E-state index in [-0.39, 0.29) is 5.56 Å². The van der Waals surface area contributed by atoms with Gasteiger partial charge in [-0.2, -0.15) is 0 Å². The van der Waals surface area contributed by atoms with Crippen LogP contribution in [-0.4, -0.2) is 35.8 Å². The number of carbonyl (C=O) groups is 1. The van der Waals surface area contributed by atoms with Crippen molar-refractivity contribution < 1.29 is 14.6 Å². The van der Waals surface area contributed by atoms with E-state index >= 15 is 0 Å². The molecule has 0 saturated carbocycles. The van der Waals surface area contributed by atoms with Crippen LogP contribution in [0.5, 0.6) is 0 Å². The number of aromatic carboxylic acids is 1. The minimum absolute atomic E-state index is 0.276. The van der Waals surface area contributed by atoms with Gasteiger partial charge < -0.3 is 15.2 Å². The van der Waals surface area contributed by atoms with Crippen LogP contribution in [0.25, 0.3) is 10.9 Å². The Morgan fingerprint density at radius 1 is 1.35 bits per heavy atom. The van der Waals surface area contributed by atoms with E-state index in [2.05, 4.69) is 10.3 Å². The Morgan fingerprint density at radius 3 is 2.95 bits per heavy atom. The van der Waals surface area contributed by atoms with Crippen LogP contribution in [0.4, 0.5) is 5.82 Å². The number of aromatic nitrogens is 1. The number of benzene rings is 1. The molecule has 20 heavy (non-hydrogen) atoms. The number of pyridine rings is 1. The van der Waals surface area contributed by atoms with Crippen LogP contribution in [0.15, 0.2) is 30.3 Å². The van der Waals surface area contributed by atoms with E-state index in [1.54, 1.807) is 24.3 Å². The number of nitrogens with one attached hydrogen (secondary N) is 1. The Hall–Kier alpha value is -2.14. The minimum atomic E-state index is -0.935. The molecular formula is C15H18N2O3. The van der Waals surface area contributed by atoms with Gasteiger partial charge >= 0.3 is 5.97 Å². The van der Waals surface area contributed by atoms with Crippen LogP contribution in [0, 0.1) is 0 Å². The second-order valence-electron chi connectivity index (χ2n) is 4.35. The fourth-order valence-electron chi connectivity index (χ4n) is 1.97. The average molecular weight is 274 g/mol. The molecule has 2 N–H and O–H groups in total. The average Bonchev–Trinajstić information content (AvgIpc) is 2.46. The van der Waals surface area contributed by atoms with E-state index in [9.17, 15) is 4.79 Å². The van der Waals surface area contributed by atoms with Gasteiger partial charge in [0, 0.05) is 25.1 Å². The molecule has 0 unspecified atom stereocenters. The second kappa shape index (κ2) is 6.86. The summed E-state index contributed by atoms with van der Waals surface area (Å²) in [7, 11) is 0. The molecule has 0 radical (unpaired) electrons. The number of carboxylic acid groups (broad SMARTS) is 1. The maximum atomic E-state index is 11.1. The largest absolute Gasteiger partial charge is 0.478 e. The van der Waals surface area contributed by atoms with Crippen molar-refractivity contribution in [3.05, 3.63) is 35.9 Å². The van der Waals surface area contributed by atoms with Crippen LogP contribution in [-0.2, 0) is 4.74 Å². The van der Waals surface area contributed by atoms with Gasteiger partial charge in [-0.1, -0.05) is 6.07 Å². The first-order valence-electron chi connectivity index (χ1n) is 6.67. The van der Waals surface area contributed by atoms with Crippen LogP contribution in [0.1, 0.15) is 23.7 Å². The van der Waals surface area contributed by atoms with E-state index < -0.39 is 5.97 Å². The van der Waals surface area contributed by atoms with Crippen LogP contribution in [0.3, 0.4) is 0 Å². The third-order valence-electron chi connectivity index (χ3n) is 2.94. The molecule has 0 atom stereocenters. The summed E-state index contributed by atoms with van der Waals surface area (Å²) in [4.78, 5) is 15.5. The summed E-state index contributed by atoms with van der Waals surface area (Å²) in [5, 5.41) is 13.0. The van der Waals surface area contributed by atoms with Gasteiger partial charge in [-0.05, 0) is 37.6 Å². The number of fused-ring (bicyclic) bond motifs is 1. The van der Waals surface area contributed by atoms with Gasteiger partial charge in [-0.3, -0.25) is 0 Å². The molecule has 0 aliphatic heterocycles. The van der Waals surface area contributed by atoms with Crippen LogP contribution in [0.2, 0.25) is 0 Å². The summed E-state index contributed by atoms with van der Waals surface area (Å²) >= 11 is 0. The Kier molecular flexibility index (Phi) is 4.90. The first kappa shape index (κ1) is 14.3. The molecule has 0 saturated heterocycles. The smallest absolute Gasteiger partial charge is 0.336 e. The highest BCUT2D eigenvalue weighted by atomic mass is 16.5. The van der Waals surface area contributed by atoms with Gasteiger partial charge in [0.05, 0.1) is 11.1 Å². The van der Waals surface area contributed by atoms with E-state index in [0.717, 1.165) is 32.0 Å². The summed E-state index contributed by atoms with van der Waals surface area (Å²) in [5.41, 5.74) is 0.956. The number of hydrogen-bond donors (Lipinski definition) is 2. The Bertz CT molecular complexity index is 599. The lowest BCUT2D eigenvalue weighted by Crippen LogP contribution is -2.07. The van der Waals surface area contributed by atoms with Gasteiger partial charge in [-0.15, -0.1) is 0 Å². The lowest BCUT2D eigenvalue weighted by Gasteiger charge is -2.08. The molecule has 0 bridgehead atoms. The summed E-state index contributed by atoms with van der Waals surface area (Å²) < 4.78 is 5.26. The number of ether oxygens (including phenoxy) is 1. The predicted molar refractivity (Wildman–Crippen MR) is 78.3 cm³/mol. The molecule has 1 aromatic carbocycles. The second-order valence-corrected chi connectivity index (χ2v) is 4.35. The maximum absolute atomic E-state index is 11.1. The van der Waals surface area contributed by atoms with Gasteiger partial charge in [0.1, 0.15) is 5.82 Å². The van der Waals surface area contributed by atoms with Crippen molar-refractivity contribution in [2.24, 2.45) is 0 Å². The van der Waals surface area contributed by atoms with Crippen molar-refractivity contribution in [3.8, 4) is 0 Å². The first-order valence-corrected chi connectivity index (χ1v) is 6.67. The normalized spacial score (nSPS) is 10.7. The molecule has 5 nitrogen and oxygen atoms in total. The van der Waals surface area contributed by atoms with Crippen molar-refractivity contribution in [3.63, 3.8) is 0 Å². The third-order valence-corrected chi connectivity index (χ3v) is 2.94. The predicted octanol–water partition coefficient (Wildman–Crippen LogP) is 2.77. The van der Waals surface area contributed by atoms with E-state index in [1.165, 1.54) is 0 Å². The summed E-state index contributed by atoms with van der Waals surface area (Å²) in [6.45, 7) is 4.20. The molecule has 5 heteroatoms. The topological polar surface area (TPSA) is 71.5 Å². The monoisotopic (exact) mass is 274 g/mol. The lowest BCUT2D eigenvalue weighted by atomic mass is 10.1. The first-order chi connectivity index (χ1) is 9.72. The molecule has 2 aromatic rings. The Morgan fingerprint density at radius 2 is 2.20 bits per heavy atom. The van der Waals surface area contributed by atoms with Gasteiger partial charge in [0.25, 0.3) is 0 Å². The van der Waals surface area contributed by atoms with E-state index in [0.29, 0.717) is 10.9 Å². The minimum Gasteiger partial charge on any atom is -0.478 e. The molecule has 0 amide bonds. The fraction of sp³-hybridized carbons (Fsp3) is 0.333. The highest BCUT2D eigenvalue weighted by molar-refractivity contribution is 6.02. The number of rotatable bonds is 7. The number of carboxylic acids is 1. The molecule has 2 rings (SSSR count). The van der Waals surface area contributed by atoms with Crippen LogP contribution >= 0.6 is 0 Å². The van der Waals surface area contributed by atoms with Crippen molar-refractivity contribution in [2.75, 3.05) is 25.1 Å². The zero-order valence-electron chi connectivity index (χ0n) is 11.4. The fourth-order valence-corrected chi connectivity index (χ4v) is 1.97. The zero-order valence-corrected chi connectivity index (χ0v) is 11.4. The SMILES string of the molecule is CCOCCCNc1ccc2c(C(=O)O)cccc2n1. The van der Waals surface area contributed by atoms with Crippen molar-refractivity contribution in [1.82, 2.24) is 4.98 Å². The van der Waals surface area contributed by atoms with Crippen molar-refractivity contribution in [2.45, 2.75) is 13.3 Å². The molecule has 0 aliphatic carbocycles. The molecule has 1 aromatic heterocycles. The van der Waals surface area contributed by atoms with E-state index in [4.69, 9.17) is 9.84 Å². The highest BCUT2D eigenvalue weighted by Crippen LogP contribution is 2.19. The quantitative estimate of drug-likeness (QED) is 0.760. The van der Waals surface area contributed by atoms with E-state index in [1.807, 2.05) is 13.0 Å². The Labute approximate surface area is 117 Å². The number of nitrogens with zero attached hydrogens (tertiary/aromatic N) is 1. The zero-order chi connectivity index (χ0) is 14.4. The molecular weight excluding hydrogens is 256 g/mol. The standard InChI is InChI=1S/C15H18N2O3/c1-2-20-10-4-9-16-14-8-7-11-12(15(18)19)5-3-6-13(11)17-14/h3,5-8H,2,4,9-10H2,1H3,(H,16,17)(H,18,19). The third kappa shape index (κ3) is 3.45. The molecule has 0 aliphatic rings. The van der Waals surface area contributed by atoms with Gasteiger partial charge in [0.15, 0.2) is 0 Å². The van der Waals surface area contributed by atoms with Crippen molar-refractivity contribution in [1.29, 1.82) is 0 Å². The number of anilines is 1. The molecule has 0 spiro atoms. The highest BCUT2D eigenvalue weighted by Gasteiger charge is 2.08. The lowest BCUT2D eigenvalue weighted by molar-refractivity contribution is 0.0699. The molecule has 1 heterocycles. The maximum Gasteiger partial charge on any atom is 0.336 e. The number of hydrogen-bond acceptors (Lipinski definition) is 4. The summed E-state index contributed by atoms with van der Waals surface area (Å²) in [6.07, 6.45) is 0.905. The van der Waals surface area contributed by atoms with Gasteiger partial charge in [0.2, 0.25) is 0 Å². The Balaban J connectivity index is 2.08. The van der Waals surface area contributed by atoms with Gasteiger partial charge in [-0.25, -0.2) is 9.78 Å².